The topological polar surface area (TPSA) is 56.7 Å². The van der Waals surface area contributed by atoms with Gasteiger partial charge in [-0.3, -0.25) is 9.79 Å². The average Bonchev–Trinajstić information content (AvgIpc) is 2.49. The number of carbonyl (C=O) groups is 1. The van der Waals surface area contributed by atoms with Crippen LogP contribution in [0.25, 0.3) is 0 Å². The van der Waals surface area contributed by atoms with Crippen molar-refractivity contribution in [3.05, 3.63) is 0 Å². The highest BCUT2D eigenvalue weighted by atomic mass is 127. The molecule has 0 spiro atoms. The minimum atomic E-state index is -0.453. The second-order valence-corrected chi connectivity index (χ2v) is 7.37. The first-order valence-electron chi connectivity index (χ1n) is 8.44. The number of halogens is 1. The first-order valence-corrected chi connectivity index (χ1v) is 8.44. The predicted octanol–water partition coefficient (Wildman–Crippen LogP) is 2.71. The molecule has 0 bridgehead atoms. The van der Waals surface area contributed by atoms with Crippen LogP contribution in [0.2, 0.25) is 0 Å². The van der Waals surface area contributed by atoms with E-state index in [0.29, 0.717) is 6.54 Å². The van der Waals surface area contributed by atoms with Crippen molar-refractivity contribution in [2.75, 3.05) is 34.2 Å². The molecule has 1 fully saturated rings. The fourth-order valence-electron chi connectivity index (χ4n) is 3.09. The molecule has 6 heteroatoms. The van der Waals surface area contributed by atoms with Crippen molar-refractivity contribution < 1.29 is 4.79 Å². The van der Waals surface area contributed by atoms with E-state index in [1.807, 2.05) is 13.8 Å². The summed E-state index contributed by atoms with van der Waals surface area (Å²) in [6.07, 6.45) is 5.31. The van der Waals surface area contributed by atoms with Gasteiger partial charge in [0.05, 0.1) is 5.41 Å². The number of hydrogen-bond acceptors (Lipinski definition) is 2. The van der Waals surface area contributed by atoms with E-state index in [9.17, 15) is 4.79 Å². The summed E-state index contributed by atoms with van der Waals surface area (Å²) < 4.78 is 0. The third-order valence-corrected chi connectivity index (χ3v) is 4.77. The average molecular weight is 438 g/mol. The molecule has 0 aromatic rings. The molecule has 0 aromatic heterocycles. The number of aliphatic imine (C=N–C) groups is 1. The minimum absolute atomic E-state index is 0. The van der Waals surface area contributed by atoms with Crippen LogP contribution in [0.3, 0.4) is 0 Å². The number of amides is 1. The highest BCUT2D eigenvalue weighted by molar-refractivity contribution is 14.0. The first-order chi connectivity index (χ1) is 10.3. The van der Waals surface area contributed by atoms with Crippen molar-refractivity contribution in [2.24, 2.45) is 22.2 Å². The van der Waals surface area contributed by atoms with Crippen LogP contribution >= 0.6 is 24.0 Å². The van der Waals surface area contributed by atoms with Gasteiger partial charge in [0.1, 0.15) is 0 Å². The van der Waals surface area contributed by atoms with Crippen molar-refractivity contribution in [1.82, 2.24) is 15.5 Å². The van der Waals surface area contributed by atoms with Crippen LogP contribution in [0.5, 0.6) is 0 Å². The molecular weight excluding hydrogens is 403 g/mol. The van der Waals surface area contributed by atoms with E-state index in [-0.39, 0.29) is 29.9 Å². The highest BCUT2D eigenvalue weighted by Crippen LogP contribution is 2.28. The third-order valence-electron chi connectivity index (χ3n) is 4.77. The van der Waals surface area contributed by atoms with E-state index in [4.69, 9.17) is 0 Å². The summed E-state index contributed by atoms with van der Waals surface area (Å²) in [6, 6.07) is 0. The zero-order valence-corrected chi connectivity index (χ0v) is 17.9. The van der Waals surface area contributed by atoms with E-state index in [1.165, 1.54) is 25.7 Å². The fraction of sp³-hybridized carbons (Fsp3) is 0.882. The van der Waals surface area contributed by atoms with Crippen molar-refractivity contribution in [3.8, 4) is 0 Å². The van der Waals surface area contributed by atoms with Crippen molar-refractivity contribution in [2.45, 2.75) is 46.5 Å². The molecule has 0 heterocycles. The van der Waals surface area contributed by atoms with Gasteiger partial charge >= 0.3 is 0 Å². The SMILES string of the molecule is CN=C(NCC(C)(C)C(=O)NC)N(C)CC1CCC(C)CC1.I. The summed E-state index contributed by atoms with van der Waals surface area (Å²) in [5.41, 5.74) is -0.453. The van der Waals surface area contributed by atoms with E-state index in [1.54, 1.807) is 14.1 Å². The van der Waals surface area contributed by atoms with Gasteiger partial charge in [-0.15, -0.1) is 24.0 Å². The van der Waals surface area contributed by atoms with Gasteiger partial charge in [0.15, 0.2) is 5.96 Å². The van der Waals surface area contributed by atoms with Crippen LogP contribution in [0.4, 0.5) is 0 Å². The maximum atomic E-state index is 11.8. The molecule has 136 valence electrons. The fourth-order valence-corrected chi connectivity index (χ4v) is 3.09. The first kappa shape index (κ1) is 22.5. The molecule has 0 aromatic carbocycles. The highest BCUT2D eigenvalue weighted by Gasteiger charge is 2.27. The minimum Gasteiger partial charge on any atom is -0.359 e. The van der Waals surface area contributed by atoms with Crippen LogP contribution < -0.4 is 10.6 Å². The van der Waals surface area contributed by atoms with Gasteiger partial charge in [-0.25, -0.2) is 0 Å². The molecule has 1 amide bonds. The van der Waals surface area contributed by atoms with Crippen molar-refractivity contribution >= 4 is 35.8 Å². The van der Waals surface area contributed by atoms with Crippen LogP contribution in [-0.4, -0.2) is 51.0 Å². The summed E-state index contributed by atoms with van der Waals surface area (Å²) in [4.78, 5) is 18.4. The number of rotatable bonds is 5. The smallest absolute Gasteiger partial charge is 0.227 e. The van der Waals surface area contributed by atoms with E-state index in [2.05, 4.69) is 34.5 Å². The second-order valence-electron chi connectivity index (χ2n) is 7.37. The largest absolute Gasteiger partial charge is 0.359 e. The quantitative estimate of drug-likeness (QED) is 0.394. The summed E-state index contributed by atoms with van der Waals surface area (Å²) in [6.45, 7) is 7.84. The Morgan fingerprint density at radius 3 is 2.30 bits per heavy atom. The molecule has 0 atom stereocenters. The molecule has 0 saturated heterocycles. The normalized spacial score (nSPS) is 22.1. The summed E-state index contributed by atoms with van der Waals surface area (Å²) in [7, 11) is 5.56. The number of nitrogens with zero attached hydrogens (tertiary/aromatic N) is 2. The Hall–Kier alpha value is -0.530. The van der Waals surface area contributed by atoms with Gasteiger partial charge in [0.25, 0.3) is 0 Å². The molecule has 1 rings (SSSR count). The second kappa shape index (κ2) is 10.4. The molecular formula is C17H35IN4O. The number of nitrogens with one attached hydrogen (secondary N) is 2. The molecule has 1 saturated carbocycles. The Morgan fingerprint density at radius 2 is 1.83 bits per heavy atom. The lowest BCUT2D eigenvalue weighted by molar-refractivity contribution is -0.128. The van der Waals surface area contributed by atoms with Gasteiger partial charge < -0.3 is 15.5 Å². The maximum absolute atomic E-state index is 11.8. The van der Waals surface area contributed by atoms with Crippen LogP contribution in [0.1, 0.15) is 46.5 Å². The summed E-state index contributed by atoms with van der Waals surface area (Å²) in [5.74, 6) is 2.55. The third kappa shape index (κ3) is 7.27. The Balaban J connectivity index is 0.00000484. The Labute approximate surface area is 159 Å². The van der Waals surface area contributed by atoms with Crippen LogP contribution in [0.15, 0.2) is 4.99 Å². The van der Waals surface area contributed by atoms with Gasteiger partial charge in [0, 0.05) is 34.2 Å². The summed E-state index contributed by atoms with van der Waals surface area (Å²) >= 11 is 0. The van der Waals surface area contributed by atoms with Gasteiger partial charge in [-0.1, -0.05) is 19.8 Å². The van der Waals surface area contributed by atoms with Gasteiger partial charge in [0.2, 0.25) is 5.91 Å². The Kier molecular flexibility index (Phi) is 10.1. The lowest BCUT2D eigenvalue weighted by atomic mass is 9.83. The van der Waals surface area contributed by atoms with Crippen molar-refractivity contribution in [1.29, 1.82) is 0 Å². The molecule has 23 heavy (non-hydrogen) atoms. The van der Waals surface area contributed by atoms with Crippen LogP contribution in [-0.2, 0) is 4.79 Å². The Bertz CT molecular complexity index is 390. The van der Waals surface area contributed by atoms with E-state index in [0.717, 1.165) is 24.3 Å². The molecule has 2 N–H and O–H groups in total. The standard InChI is InChI=1S/C17H34N4O.HI/c1-13-7-9-14(10-8-13)11-21(6)16(19-5)20-12-17(2,3)15(22)18-4;/h13-14H,7-12H2,1-6H3,(H,18,22)(H,19,20);1H. The number of guanidine groups is 1. The van der Waals surface area contributed by atoms with Crippen molar-refractivity contribution in [3.63, 3.8) is 0 Å². The summed E-state index contributed by atoms with van der Waals surface area (Å²) in [5, 5.41) is 6.05. The monoisotopic (exact) mass is 438 g/mol. The maximum Gasteiger partial charge on any atom is 0.227 e. The van der Waals surface area contributed by atoms with Gasteiger partial charge in [-0.05, 0) is 38.5 Å². The molecule has 1 aliphatic carbocycles. The van der Waals surface area contributed by atoms with E-state index >= 15 is 0 Å². The molecule has 1 aliphatic rings. The lowest BCUT2D eigenvalue weighted by Gasteiger charge is -2.32. The Morgan fingerprint density at radius 1 is 1.26 bits per heavy atom. The zero-order valence-electron chi connectivity index (χ0n) is 15.6. The lowest BCUT2D eigenvalue weighted by Crippen LogP contribution is -2.48. The zero-order chi connectivity index (χ0) is 16.8. The predicted molar refractivity (Wildman–Crippen MR) is 108 cm³/mol. The molecule has 0 unspecified atom stereocenters. The van der Waals surface area contributed by atoms with Crippen LogP contribution in [0, 0.1) is 17.3 Å². The molecule has 0 radical (unpaired) electrons. The van der Waals surface area contributed by atoms with E-state index < -0.39 is 5.41 Å². The molecule has 0 aliphatic heterocycles. The number of hydrogen-bond donors (Lipinski definition) is 2. The number of carbonyl (C=O) groups excluding carboxylic acids is 1. The van der Waals surface area contributed by atoms with Gasteiger partial charge in [-0.2, -0.15) is 0 Å². The molecule has 5 nitrogen and oxygen atoms in total.